The molecule has 1 nitrogen and oxygen atoms in total. The summed E-state index contributed by atoms with van der Waals surface area (Å²) in [5.74, 6) is 0.120. The second kappa shape index (κ2) is 6.11. The summed E-state index contributed by atoms with van der Waals surface area (Å²) in [7, 11) is 0. The van der Waals surface area contributed by atoms with E-state index in [1.165, 1.54) is 12.8 Å². The van der Waals surface area contributed by atoms with Crippen molar-refractivity contribution >= 4 is 5.78 Å². The Morgan fingerprint density at radius 1 is 1.00 bits per heavy atom. The first-order valence-corrected chi connectivity index (χ1v) is 5.45. The van der Waals surface area contributed by atoms with Gasteiger partial charge in [0, 0.05) is 12.8 Å². The molecule has 0 saturated heterocycles. The molecule has 0 heterocycles. The van der Waals surface area contributed by atoms with Gasteiger partial charge in [-0.25, -0.2) is 4.39 Å². The first kappa shape index (κ1) is 10.7. The van der Waals surface area contributed by atoms with Crippen LogP contribution in [0.3, 0.4) is 0 Å². The highest BCUT2D eigenvalue weighted by molar-refractivity contribution is 5.78. The Morgan fingerprint density at radius 2 is 1.62 bits per heavy atom. The number of halogens is 1. The van der Waals surface area contributed by atoms with Gasteiger partial charge in [-0.2, -0.15) is 0 Å². The van der Waals surface area contributed by atoms with Crippen LogP contribution in [0.4, 0.5) is 4.39 Å². The summed E-state index contributed by atoms with van der Waals surface area (Å²) < 4.78 is 13.1. The average Bonchev–Trinajstić information content (AvgIpc) is 2.11. The van der Waals surface area contributed by atoms with Crippen molar-refractivity contribution < 1.29 is 9.18 Å². The average molecular weight is 186 g/mol. The molecule has 1 saturated carbocycles. The number of hydrogen-bond acceptors (Lipinski definition) is 1. The van der Waals surface area contributed by atoms with E-state index in [1.807, 2.05) is 0 Å². The lowest BCUT2D eigenvalue weighted by atomic mass is 10.1. The standard InChI is InChI=1S/C11H19FO/c12-10-7-5-3-1-2-4-6-8-11(13)9-10/h10H,1-9H2. The van der Waals surface area contributed by atoms with Crippen molar-refractivity contribution in [1.82, 2.24) is 0 Å². The second-order valence-electron chi connectivity index (χ2n) is 4.00. The minimum atomic E-state index is -0.870. The molecule has 76 valence electrons. The molecule has 13 heavy (non-hydrogen) atoms. The molecule has 1 aliphatic rings. The highest BCUT2D eigenvalue weighted by Gasteiger charge is 2.12. The SMILES string of the molecule is O=C1CCCCCCCCC(F)C1. The number of carbonyl (C=O) groups excluding carboxylic acids is 1. The Hall–Kier alpha value is -0.400. The molecular weight excluding hydrogens is 167 g/mol. The third kappa shape index (κ3) is 5.02. The van der Waals surface area contributed by atoms with Gasteiger partial charge in [0.2, 0.25) is 0 Å². The van der Waals surface area contributed by atoms with E-state index in [1.54, 1.807) is 0 Å². The molecule has 0 N–H and O–H groups in total. The lowest BCUT2D eigenvalue weighted by Crippen LogP contribution is -2.08. The summed E-state index contributed by atoms with van der Waals surface area (Å²) >= 11 is 0. The Kier molecular flexibility index (Phi) is 5.02. The predicted octanol–water partition coefficient (Wildman–Crippen LogP) is 3.42. The minimum Gasteiger partial charge on any atom is -0.300 e. The van der Waals surface area contributed by atoms with E-state index in [0.717, 1.165) is 25.7 Å². The monoisotopic (exact) mass is 186 g/mol. The highest BCUT2D eigenvalue weighted by atomic mass is 19.1. The Morgan fingerprint density at radius 3 is 2.38 bits per heavy atom. The van der Waals surface area contributed by atoms with Crippen LogP contribution in [0.1, 0.15) is 57.8 Å². The summed E-state index contributed by atoms with van der Waals surface area (Å²) in [5.41, 5.74) is 0. The molecule has 1 atom stereocenters. The first-order valence-electron chi connectivity index (χ1n) is 5.45. The normalized spacial score (nSPS) is 28.1. The molecule has 0 aromatic carbocycles. The van der Waals surface area contributed by atoms with Gasteiger partial charge in [-0.15, -0.1) is 0 Å². The Balaban J connectivity index is 2.29. The van der Waals surface area contributed by atoms with E-state index < -0.39 is 6.17 Å². The van der Waals surface area contributed by atoms with Gasteiger partial charge in [0.05, 0.1) is 0 Å². The number of carbonyl (C=O) groups is 1. The van der Waals surface area contributed by atoms with Gasteiger partial charge in [0.15, 0.2) is 0 Å². The molecule has 0 amide bonds. The first-order chi connectivity index (χ1) is 6.29. The van der Waals surface area contributed by atoms with Crippen molar-refractivity contribution in [2.75, 3.05) is 0 Å². The molecular formula is C11H19FO. The van der Waals surface area contributed by atoms with Gasteiger partial charge in [-0.3, -0.25) is 4.79 Å². The molecule has 0 aromatic rings. The van der Waals surface area contributed by atoms with Crippen molar-refractivity contribution in [2.24, 2.45) is 0 Å². The zero-order chi connectivity index (χ0) is 9.52. The maximum absolute atomic E-state index is 13.1. The van der Waals surface area contributed by atoms with Crippen LogP contribution >= 0.6 is 0 Å². The lowest BCUT2D eigenvalue weighted by molar-refractivity contribution is -0.120. The van der Waals surface area contributed by atoms with Crippen molar-refractivity contribution in [2.45, 2.75) is 64.0 Å². The van der Waals surface area contributed by atoms with Crippen LogP contribution in [0.2, 0.25) is 0 Å². The molecule has 0 aliphatic heterocycles. The van der Waals surface area contributed by atoms with Crippen LogP contribution in [0.15, 0.2) is 0 Å². The van der Waals surface area contributed by atoms with E-state index in [-0.39, 0.29) is 12.2 Å². The number of Topliss-reactive ketones (excluding diaryl/α,β-unsaturated/α-hetero) is 1. The zero-order valence-electron chi connectivity index (χ0n) is 8.23. The molecule has 0 aromatic heterocycles. The van der Waals surface area contributed by atoms with Crippen molar-refractivity contribution in [3.8, 4) is 0 Å². The number of hydrogen-bond donors (Lipinski definition) is 0. The largest absolute Gasteiger partial charge is 0.300 e. The van der Waals surface area contributed by atoms with Crippen LogP contribution in [0, 0.1) is 0 Å². The third-order valence-corrected chi connectivity index (χ3v) is 2.67. The van der Waals surface area contributed by atoms with Crippen LogP contribution in [0.5, 0.6) is 0 Å². The summed E-state index contributed by atoms with van der Waals surface area (Å²) in [6, 6.07) is 0. The van der Waals surface area contributed by atoms with E-state index in [0.29, 0.717) is 12.8 Å². The van der Waals surface area contributed by atoms with Crippen molar-refractivity contribution in [3.63, 3.8) is 0 Å². The molecule has 1 aliphatic carbocycles. The van der Waals surface area contributed by atoms with Gasteiger partial charge < -0.3 is 0 Å². The maximum Gasteiger partial charge on any atom is 0.135 e. The fourth-order valence-corrected chi connectivity index (χ4v) is 1.85. The van der Waals surface area contributed by atoms with E-state index in [4.69, 9.17) is 0 Å². The third-order valence-electron chi connectivity index (χ3n) is 2.67. The smallest absolute Gasteiger partial charge is 0.135 e. The van der Waals surface area contributed by atoms with Crippen LogP contribution in [-0.4, -0.2) is 12.0 Å². The Labute approximate surface area is 79.7 Å². The topological polar surface area (TPSA) is 17.1 Å². The van der Waals surface area contributed by atoms with Crippen molar-refractivity contribution in [1.29, 1.82) is 0 Å². The fourth-order valence-electron chi connectivity index (χ4n) is 1.85. The summed E-state index contributed by atoms with van der Waals surface area (Å²) in [4.78, 5) is 11.2. The quantitative estimate of drug-likeness (QED) is 0.566. The van der Waals surface area contributed by atoms with Crippen LogP contribution in [0.25, 0.3) is 0 Å². The van der Waals surface area contributed by atoms with E-state index in [9.17, 15) is 9.18 Å². The number of alkyl halides is 1. The molecule has 0 radical (unpaired) electrons. The van der Waals surface area contributed by atoms with Crippen LogP contribution < -0.4 is 0 Å². The number of ketones is 1. The van der Waals surface area contributed by atoms with Gasteiger partial charge in [-0.1, -0.05) is 32.1 Å². The predicted molar refractivity (Wildman–Crippen MR) is 51.5 cm³/mol. The Bertz CT molecular complexity index is 156. The lowest BCUT2D eigenvalue weighted by Gasteiger charge is -2.05. The van der Waals surface area contributed by atoms with E-state index in [2.05, 4.69) is 0 Å². The molecule has 2 heteroatoms. The fraction of sp³-hybridized carbons (Fsp3) is 0.909. The molecule has 1 fully saturated rings. The zero-order valence-corrected chi connectivity index (χ0v) is 8.23. The molecule has 0 spiro atoms. The molecule has 0 bridgehead atoms. The number of rotatable bonds is 0. The van der Waals surface area contributed by atoms with E-state index >= 15 is 0 Å². The second-order valence-corrected chi connectivity index (χ2v) is 4.00. The van der Waals surface area contributed by atoms with Gasteiger partial charge >= 0.3 is 0 Å². The highest BCUT2D eigenvalue weighted by Crippen LogP contribution is 2.16. The summed E-state index contributed by atoms with van der Waals surface area (Å²) in [6.45, 7) is 0. The summed E-state index contributed by atoms with van der Waals surface area (Å²) in [5, 5.41) is 0. The molecule has 1 rings (SSSR count). The van der Waals surface area contributed by atoms with Gasteiger partial charge in [0.1, 0.15) is 12.0 Å². The van der Waals surface area contributed by atoms with Gasteiger partial charge in [-0.05, 0) is 12.8 Å². The van der Waals surface area contributed by atoms with Crippen LogP contribution in [-0.2, 0) is 4.79 Å². The van der Waals surface area contributed by atoms with Gasteiger partial charge in [0.25, 0.3) is 0 Å². The summed E-state index contributed by atoms with van der Waals surface area (Å²) in [6.07, 6.45) is 7.10. The van der Waals surface area contributed by atoms with Crippen molar-refractivity contribution in [3.05, 3.63) is 0 Å². The molecule has 1 unspecified atom stereocenters. The maximum atomic E-state index is 13.1. The minimum absolute atomic E-state index is 0.120.